The van der Waals surface area contributed by atoms with Gasteiger partial charge in [0.25, 0.3) is 0 Å². The fraction of sp³-hybridized carbons (Fsp3) is 0.857. The number of Topliss-reactive ketones (excluding diaryl/α,β-unsaturated/α-hetero) is 1. The quantitative estimate of drug-likeness (QED) is 0.599. The standard InChI is InChI=1S/C7H13ClO3/c1-5(9)2-6(10)3-7(11)4-8/h6-7,10-11H,2-4H2,1H3. The third kappa shape index (κ3) is 6.28. The van der Waals surface area contributed by atoms with Crippen molar-refractivity contribution in [2.45, 2.75) is 32.0 Å². The van der Waals surface area contributed by atoms with Crippen LogP contribution in [0.15, 0.2) is 0 Å². The number of alkyl halides is 1. The highest BCUT2D eigenvalue weighted by atomic mass is 35.5. The number of aliphatic hydroxyl groups is 2. The first-order valence-electron chi connectivity index (χ1n) is 3.47. The van der Waals surface area contributed by atoms with Gasteiger partial charge in [-0.05, 0) is 6.92 Å². The third-order valence-electron chi connectivity index (χ3n) is 1.25. The van der Waals surface area contributed by atoms with E-state index in [1.54, 1.807) is 0 Å². The van der Waals surface area contributed by atoms with Crippen LogP contribution >= 0.6 is 11.6 Å². The minimum absolute atomic E-state index is 0.0840. The van der Waals surface area contributed by atoms with Gasteiger partial charge in [0, 0.05) is 18.7 Å². The number of hydrogen-bond donors (Lipinski definition) is 2. The molecule has 2 unspecified atom stereocenters. The van der Waals surface area contributed by atoms with E-state index >= 15 is 0 Å². The van der Waals surface area contributed by atoms with Crippen LogP contribution in [0.1, 0.15) is 19.8 Å². The molecule has 0 aromatic carbocycles. The monoisotopic (exact) mass is 180 g/mol. The van der Waals surface area contributed by atoms with Crippen LogP contribution in [0.3, 0.4) is 0 Å². The Balaban J connectivity index is 3.51. The minimum Gasteiger partial charge on any atom is -0.393 e. The van der Waals surface area contributed by atoms with Gasteiger partial charge >= 0.3 is 0 Å². The summed E-state index contributed by atoms with van der Waals surface area (Å²) in [6.45, 7) is 1.40. The van der Waals surface area contributed by atoms with Gasteiger partial charge in [-0.1, -0.05) is 0 Å². The fourth-order valence-corrected chi connectivity index (χ4v) is 0.918. The maximum atomic E-state index is 10.4. The van der Waals surface area contributed by atoms with Gasteiger partial charge in [-0.2, -0.15) is 0 Å². The summed E-state index contributed by atoms with van der Waals surface area (Å²) in [5, 5.41) is 18.0. The molecule has 0 saturated heterocycles. The predicted octanol–water partition coefficient (Wildman–Crippen LogP) is 0.316. The Morgan fingerprint density at radius 3 is 2.36 bits per heavy atom. The molecule has 2 atom stereocenters. The highest BCUT2D eigenvalue weighted by Crippen LogP contribution is 2.04. The van der Waals surface area contributed by atoms with Crippen LogP contribution in [0.4, 0.5) is 0 Å². The zero-order valence-electron chi connectivity index (χ0n) is 6.46. The smallest absolute Gasteiger partial charge is 0.132 e. The summed E-state index contributed by atoms with van der Waals surface area (Å²) >= 11 is 5.29. The van der Waals surface area contributed by atoms with E-state index < -0.39 is 12.2 Å². The van der Waals surface area contributed by atoms with Crippen LogP contribution in [-0.2, 0) is 4.79 Å². The summed E-state index contributed by atoms with van der Waals surface area (Å²) in [5.74, 6) is 0.00822. The lowest BCUT2D eigenvalue weighted by Gasteiger charge is -2.11. The summed E-state index contributed by atoms with van der Waals surface area (Å²) in [6.07, 6.45) is -1.22. The lowest BCUT2D eigenvalue weighted by molar-refractivity contribution is -0.119. The Kier molecular flexibility index (Phi) is 5.46. The molecule has 0 spiro atoms. The largest absolute Gasteiger partial charge is 0.393 e. The van der Waals surface area contributed by atoms with Crippen LogP contribution in [0.5, 0.6) is 0 Å². The molecule has 0 saturated carbocycles. The second-order valence-electron chi connectivity index (χ2n) is 2.60. The number of ketones is 1. The van der Waals surface area contributed by atoms with E-state index in [9.17, 15) is 4.79 Å². The number of halogens is 1. The molecule has 0 heterocycles. The molecule has 0 aliphatic rings. The molecule has 0 amide bonds. The number of carbonyl (C=O) groups is 1. The van der Waals surface area contributed by atoms with Crippen LogP contribution in [-0.4, -0.2) is 34.1 Å². The molecule has 0 rings (SSSR count). The molecule has 0 aliphatic carbocycles. The summed E-state index contributed by atoms with van der Waals surface area (Å²) < 4.78 is 0. The number of aliphatic hydroxyl groups excluding tert-OH is 2. The highest BCUT2D eigenvalue weighted by Gasteiger charge is 2.12. The van der Waals surface area contributed by atoms with Gasteiger partial charge in [0.2, 0.25) is 0 Å². The first-order chi connectivity index (χ1) is 5.06. The molecular weight excluding hydrogens is 168 g/mol. The van der Waals surface area contributed by atoms with Crippen molar-refractivity contribution < 1.29 is 15.0 Å². The molecule has 0 radical (unpaired) electrons. The summed E-state index contributed by atoms with van der Waals surface area (Å²) in [5.41, 5.74) is 0. The molecule has 11 heavy (non-hydrogen) atoms. The number of carbonyl (C=O) groups excluding carboxylic acids is 1. The maximum Gasteiger partial charge on any atom is 0.132 e. The van der Waals surface area contributed by atoms with Gasteiger partial charge in [0.1, 0.15) is 5.78 Å². The number of rotatable bonds is 5. The molecular formula is C7H13ClO3. The van der Waals surface area contributed by atoms with Crippen LogP contribution in [0, 0.1) is 0 Å². The Morgan fingerprint density at radius 2 is 2.00 bits per heavy atom. The van der Waals surface area contributed by atoms with Crippen molar-refractivity contribution in [3.8, 4) is 0 Å². The van der Waals surface area contributed by atoms with E-state index in [4.69, 9.17) is 21.8 Å². The lowest BCUT2D eigenvalue weighted by Crippen LogP contribution is -2.20. The van der Waals surface area contributed by atoms with Crippen molar-refractivity contribution in [2.75, 3.05) is 5.88 Å². The first kappa shape index (κ1) is 10.9. The first-order valence-corrected chi connectivity index (χ1v) is 4.01. The molecule has 2 N–H and O–H groups in total. The van der Waals surface area contributed by atoms with Crippen molar-refractivity contribution in [3.05, 3.63) is 0 Å². The average molecular weight is 181 g/mol. The molecule has 0 aromatic heterocycles. The van der Waals surface area contributed by atoms with Gasteiger partial charge in [-0.3, -0.25) is 4.79 Å². The Labute approximate surface area is 71.0 Å². The molecule has 66 valence electrons. The van der Waals surface area contributed by atoms with E-state index in [0.717, 1.165) is 0 Å². The molecule has 4 heteroatoms. The van der Waals surface area contributed by atoms with Crippen molar-refractivity contribution in [1.29, 1.82) is 0 Å². The Bertz CT molecular complexity index is 127. The summed E-state index contributed by atoms with van der Waals surface area (Å²) in [6, 6.07) is 0. The molecule has 0 fully saturated rings. The predicted molar refractivity (Wildman–Crippen MR) is 42.6 cm³/mol. The van der Waals surface area contributed by atoms with E-state index in [1.807, 2.05) is 0 Å². The van der Waals surface area contributed by atoms with Gasteiger partial charge in [-0.15, -0.1) is 11.6 Å². The fourth-order valence-electron chi connectivity index (χ4n) is 0.792. The topological polar surface area (TPSA) is 57.5 Å². The van der Waals surface area contributed by atoms with E-state index in [0.29, 0.717) is 0 Å². The maximum absolute atomic E-state index is 10.4. The van der Waals surface area contributed by atoms with E-state index in [1.165, 1.54) is 6.92 Å². The van der Waals surface area contributed by atoms with Crippen molar-refractivity contribution >= 4 is 17.4 Å². The number of hydrogen-bond acceptors (Lipinski definition) is 3. The second kappa shape index (κ2) is 5.52. The van der Waals surface area contributed by atoms with Gasteiger partial charge in [-0.25, -0.2) is 0 Å². The molecule has 0 aliphatic heterocycles. The highest BCUT2D eigenvalue weighted by molar-refractivity contribution is 6.18. The van der Waals surface area contributed by atoms with Crippen molar-refractivity contribution in [1.82, 2.24) is 0 Å². The van der Waals surface area contributed by atoms with Crippen molar-refractivity contribution in [2.24, 2.45) is 0 Å². The summed E-state index contributed by atoms with van der Waals surface area (Å²) in [4.78, 5) is 10.4. The molecule has 0 bridgehead atoms. The van der Waals surface area contributed by atoms with Gasteiger partial charge < -0.3 is 10.2 Å². The third-order valence-corrected chi connectivity index (χ3v) is 1.60. The Hall–Kier alpha value is -0.120. The zero-order chi connectivity index (χ0) is 8.85. The lowest BCUT2D eigenvalue weighted by atomic mass is 10.1. The molecule has 3 nitrogen and oxygen atoms in total. The second-order valence-corrected chi connectivity index (χ2v) is 2.91. The SMILES string of the molecule is CC(=O)CC(O)CC(O)CCl. The van der Waals surface area contributed by atoms with Gasteiger partial charge in [0.15, 0.2) is 0 Å². The summed E-state index contributed by atoms with van der Waals surface area (Å²) in [7, 11) is 0. The zero-order valence-corrected chi connectivity index (χ0v) is 7.21. The normalized spacial score (nSPS) is 16.0. The van der Waals surface area contributed by atoms with Crippen LogP contribution in [0.25, 0.3) is 0 Å². The van der Waals surface area contributed by atoms with E-state index in [2.05, 4.69) is 0 Å². The van der Waals surface area contributed by atoms with Crippen LogP contribution < -0.4 is 0 Å². The van der Waals surface area contributed by atoms with Crippen molar-refractivity contribution in [3.63, 3.8) is 0 Å². The van der Waals surface area contributed by atoms with Crippen LogP contribution in [0.2, 0.25) is 0 Å². The minimum atomic E-state index is -0.763. The molecule has 0 aromatic rings. The van der Waals surface area contributed by atoms with E-state index in [-0.39, 0.29) is 24.5 Å². The van der Waals surface area contributed by atoms with Gasteiger partial charge in [0.05, 0.1) is 12.2 Å². The Morgan fingerprint density at radius 1 is 1.45 bits per heavy atom. The average Bonchev–Trinajstić information content (AvgIpc) is 1.85.